The maximum atomic E-state index is 12.2. The molecule has 0 bridgehead atoms. The summed E-state index contributed by atoms with van der Waals surface area (Å²) >= 11 is 5.41. The lowest BCUT2D eigenvalue weighted by Gasteiger charge is -2.06. The maximum absolute atomic E-state index is 12.2. The number of aromatic nitrogens is 1. The summed E-state index contributed by atoms with van der Waals surface area (Å²) in [6.45, 7) is 0. The number of primary sulfonamides is 1. The summed E-state index contributed by atoms with van der Waals surface area (Å²) in [5.41, 5.74) is -0.421. The first-order valence-corrected chi connectivity index (χ1v) is 5.80. The molecule has 0 aliphatic heterocycles. The van der Waals surface area contributed by atoms with Crippen LogP contribution in [0.1, 0.15) is 17.6 Å². The Hall–Kier alpha value is -0.790. The van der Waals surface area contributed by atoms with Gasteiger partial charge in [0.15, 0.2) is 5.03 Å². The fraction of sp³-hybridized carbons (Fsp3) is 0.286. The predicted octanol–water partition coefficient (Wildman–Crippen LogP) is 1.41. The fourth-order valence-corrected chi connectivity index (χ4v) is 1.97. The van der Waals surface area contributed by atoms with Crippen LogP contribution in [0, 0.1) is 0 Å². The molecule has 0 aliphatic carbocycles. The Morgan fingerprint density at radius 1 is 1.53 bits per heavy atom. The van der Waals surface area contributed by atoms with Crippen molar-refractivity contribution in [2.24, 2.45) is 5.14 Å². The predicted molar refractivity (Wildman–Crippen MR) is 50.1 cm³/mol. The van der Waals surface area contributed by atoms with Crippen molar-refractivity contribution >= 4 is 21.6 Å². The lowest BCUT2D eigenvalue weighted by atomic mass is 10.2. The van der Waals surface area contributed by atoms with Gasteiger partial charge in [-0.25, -0.2) is 27.3 Å². The number of sulfonamides is 1. The van der Waals surface area contributed by atoms with E-state index in [0.29, 0.717) is 0 Å². The number of pyridine rings is 1. The smallest absolute Gasteiger partial charge is 0.243 e. The molecule has 0 unspecified atom stereocenters. The average molecular weight is 257 g/mol. The number of nitrogens with two attached hydrogens (primary N) is 1. The Morgan fingerprint density at radius 3 is 2.53 bits per heavy atom. The van der Waals surface area contributed by atoms with Crippen LogP contribution in [-0.2, 0) is 15.9 Å². The SMILES string of the molecule is NS(=O)(=O)c1ncc(C(F)F)cc1CCl. The molecule has 0 aliphatic rings. The lowest BCUT2D eigenvalue weighted by Crippen LogP contribution is -2.16. The van der Waals surface area contributed by atoms with Crippen LogP contribution in [0.3, 0.4) is 0 Å². The highest BCUT2D eigenvalue weighted by atomic mass is 35.5. The molecule has 2 N–H and O–H groups in total. The molecule has 0 amide bonds. The van der Waals surface area contributed by atoms with E-state index in [1.807, 2.05) is 0 Å². The highest BCUT2D eigenvalue weighted by Gasteiger charge is 2.18. The number of rotatable bonds is 3. The Morgan fingerprint density at radius 2 is 2.13 bits per heavy atom. The Kier molecular flexibility index (Phi) is 3.58. The zero-order valence-corrected chi connectivity index (χ0v) is 8.89. The Labute approximate surface area is 90.1 Å². The molecule has 15 heavy (non-hydrogen) atoms. The molecule has 1 heterocycles. The summed E-state index contributed by atoms with van der Waals surface area (Å²) in [5.74, 6) is -0.251. The Balaban J connectivity index is 3.34. The molecular weight excluding hydrogens is 250 g/mol. The molecule has 0 atom stereocenters. The van der Waals surface area contributed by atoms with Gasteiger partial charge in [-0.05, 0) is 6.07 Å². The van der Waals surface area contributed by atoms with Gasteiger partial charge in [0.1, 0.15) is 0 Å². The van der Waals surface area contributed by atoms with Gasteiger partial charge in [0.2, 0.25) is 0 Å². The van der Waals surface area contributed by atoms with Gasteiger partial charge in [0, 0.05) is 17.3 Å². The minimum atomic E-state index is -4.03. The summed E-state index contributed by atoms with van der Waals surface area (Å²) in [5, 5.41) is 4.35. The van der Waals surface area contributed by atoms with Crippen molar-refractivity contribution in [1.29, 1.82) is 0 Å². The molecule has 4 nitrogen and oxygen atoms in total. The number of alkyl halides is 3. The third kappa shape index (κ3) is 2.83. The van der Waals surface area contributed by atoms with Crippen LogP contribution in [-0.4, -0.2) is 13.4 Å². The molecule has 1 rings (SSSR count). The third-order valence-electron chi connectivity index (χ3n) is 1.61. The lowest BCUT2D eigenvalue weighted by molar-refractivity contribution is 0.150. The molecule has 0 radical (unpaired) electrons. The summed E-state index contributed by atoms with van der Waals surface area (Å²) in [4.78, 5) is 3.36. The third-order valence-corrected chi connectivity index (χ3v) is 2.81. The van der Waals surface area contributed by atoms with Crippen molar-refractivity contribution < 1.29 is 17.2 Å². The summed E-state index contributed by atoms with van der Waals surface area (Å²) in [6.07, 6.45) is -1.96. The molecule has 1 aromatic rings. The van der Waals surface area contributed by atoms with E-state index in [9.17, 15) is 17.2 Å². The quantitative estimate of drug-likeness (QED) is 0.831. The van der Waals surface area contributed by atoms with Crippen LogP contribution >= 0.6 is 11.6 Å². The van der Waals surface area contributed by atoms with Gasteiger partial charge < -0.3 is 0 Å². The van der Waals surface area contributed by atoms with Crippen molar-refractivity contribution in [1.82, 2.24) is 4.98 Å². The summed E-state index contributed by atoms with van der Waals surface area (Å²) in [6, 6.07) is 0.977. The van der Waals surface area contributed by atoms with Gasteiger partial charge in [-0.3, -0.25) is 0 Å². The average Bonchev–Trinajstić information content (AvgIpc) is 2.15. The molecule has 0 fully saturated rings. The van der Waals surface area contributed by atoms with Crippen LogP contribution < -0.4 is 5.14 Å². The zero-order valence-electron chi connectivity index (χ0n) is 7.32. The van der Waals surface area contributed by atoms with Gasteiger partial charge in [-0.15, -0.1) is 11.6 Å². The van der Waals surface area contributed by atoms with E-state index < -0.39 is 27.0 Å². The van der Waals surface area contributed by atoms with Crippen molar-refractivity contribution in [2.75, 3.05) is 0 Å². The maximum Gasteiger partial charge on any atom is 0.265 e. The minimum absolute atomic E-state index is 0.0306. The monoisotopic (exact) mass is 256 g/mol. The van der Waals surface area contributed by atoms with Crippen LogP contribution in [0.15, 0.2) is 17.3 Å². The van der Waals surface area contributed by atoms with Crippen LogP contribution in [0.25, 0.3) is 0 Å². The Bertz CT molecular complexity index is 464. The zero-order chi connectivity index (χ0) is 11.6. The van der Waals surface area contributed by atoms with Gasteiger partial charge in [-0.1, -0.05) is 0 Å². The van der Waals surface area contributed by atoms with Crippen molar-refractivity contribution in [3.63, 3.8) is 0 Å². The van der Waals surface area contributed by atoms with Gasteiger partial charge in [0.05, 0.1) is 5.88 Å². The molecule has 0 spiro atoms. The second-order valence-corrected chi connectivity index (χ2v) is 4.46. The van der Waals surface area contributed by atoms with E-state index in [4.69, 9.17) is 16.7 Å². The van der Waals surface area contributed by atoms with Gasteiger partial charge >= 0.3 is 0 Å². The highest BCUT2D eigenvalue weighted by molar-refractivity contribution is 7.89. The number of hydrogen-bond acceptors (Lipinski definition) is 3. The van der Waals surface area contributed by atoms with E-state index in [1.54, 1.807) is 0 Å². The number of nitrogens with zero attached hydrogens (tertiary/aromatic N) is 1. The molecule has 0 aromatic carbocycles. The van der Waals surface area contributed by atoms with Gasteiger partial charge in [-0.2, -0.15) is 0 Å². The minimum Gasteiger partial charge on any atom is -0.243 e. The molecule has 8 heteroatoms. The first-order chi connectivity index (χ1) is 6.86. The molecule has 0 saturated carbocycles. The normalized spacial score (nSPS) is 12.1. The van der Waals surface area contributed by atoms with Crippen molar-refractivity contribution in [3.8, 4) is 0 Å². The largest absolute Gasteiger partial charge is 0.265 e. The summed E-state index contributed by atoms with van der Waals surface area (Å²) in [7, 11) is -4.03. The summed E-state index contributed by atoms with van der Waals surface area (Å²) < 4.78 is 46.4. The molecule has 84 valence electrons. The molecule has 1 aromatic heterocycles. The van der Waals surface area contributed by atoms with E-state index >= 15 is 0 Å². The number of hydrogen-bond donors (Lipinski definition) is 1. The fourth-order valence-electron chi connectivity index (χ4n) is 0.988. The van der Waals surface area contributed by atoms with Gasteiger partial charge in [0.25, 0.3) is 16.4 Å². The first-order valence-electron chi connectivity index (χ1n) is 3.72. The standard InChI is InChI=1S/C7H7ClF2N2O2S/c8-2-4-1-5(6(9)10)3-12-7(4)15(11,13)14/h1,3,6H,2H2,(H2,11,13,14). The number of halogens is 3. The van der Waals surface area contributed by atoms with Crippen molar-refractivity contribution in [3.05, 3.63) is 23.4 Å². The molecule has 0 saturated heterocycles. The van der Waals surface area contributed by atoms with Crippen LogP contribution in [0.5, 0.6) is 0 Å². The van der Waals surface area contributed by atoms with Crippen molar-refractivity contribution in [2.45, 2.75) is 17.3 Å². The second kappa shape index (κ2) is 4.38. The topological polar surface area (TPSA) is 73.1 Å². The van der Waals surface area contributed by atoms with Crippen LogP contribution in [0.4, 0.5) is 8.78 Å². The van der Waals surface area contributed by atoms with E-state index in [1.165, 1.54) is 0 Å². The van der Waals surface area contributed by atoms with E-state index in [0.717, 1.165) is 12.3 Å². The van der Waals surface area contributed by atoms with E-state index in [2.05, 4.69) is 4.98 Å². The molecular formula is C7H7ClF2N2O2S. The highest BCUT2D eigenvalue weighted by Crippen LogP contribution is 2.22. The first kappa shape index (κ1) is 12.3. The second-order valence-electron chi connectivity index (χ2n) is 2.71. The van der Waals surface area contributed by atoms with Crippen LogP contribution in [0.2, 0.25) is 0 Å². The van der Waals surface area contributed by atoms with E-state index in [-0.39, 0.29) is 11.4 Å².